The van der Waals surface area contributed by atoms with Crippen LogP contribution in [0.15, 0.2) is 53.5 Å². The standard InChI is InChI=1S/C23H30N4O2/c1-3-25-22(28)19-9-6-7-18(13-19)14-26-23(24-2)27-15-20-8-4-5-10-21(20)29-16-17-11-12-17/h4-10,13,17H,3,11-12,14-16H2,1-2H3,(H,25,28)(H2,24,26,27). The molecule has 1 aliphatic carbocycles. The molecule has 0 radical (unpaired) electrons. The molecule has 3 rings (SSSR count). The number of carbonyl (C=O) groups excluding carboxylic acids is 1. The van der Waals surface area contributed by atoms with Crippen molar-refractivity contribution in [2.45, 2.75) is 32.9 Å². The van der Waals surface area contributed by atoms with Gasteiger partial charge >= 0.3 is 0 Å². The average molecular weight is 395 g/mol. The number of amides is 1. The lowest BCUT2D eigenvalue weighted by molar-refractivity contribution is 0.0955. The van der Waals surface area contributed by atoms with E-state index in [1.165, 1.54) is 12.8 Å². The highest BCUT2D eigenvalue weighted by Gasteiger charge is 2.22. The molecule has 1 saturated carbocycles. The molecule has 154 valence electrons. The molecule has 2 aromatic carbocycles. The van der Waals surface area contributed by atoms with Gasteiger partial charge in [-0.15, -0.1) is 0 Å². The number of carbonyl (C=O) groups is 1. The first-order valence-corrected chi connectivity index (χ1v) is 10.2. The van der Waals surface area contributed by atoms with Crippen LogP contribution in [0.4, 0.5) is 0 Å². The zero-order valence-corrected chi connectivity index (χ0v) is 17.2. The zero-order valence-electron chi connectivity index (χ0n) is 17.2. The molecular formula is C23H30N4O2. The molecule has 0 aliphatic heterocycles. The first-order chi connectivity index (χ1) is 14.2. The Balaban J connectivity index is 1.52. The smallest absolute Gasteiger partial charge is 0.251 e. The summed E-state index contributed by atoms with van der Waals surface area (Å²) in [5, 5.41) is 9.46. The van der Waals surface area contributed by atoms with Gasteiger partial charge in [-0.25, -0.2) is 0 Å². The first-order valence-electron chi connectivity index (χ1n) is 10.2. The van der Waals surface area contributed by atoms with Gasteiger partial charge < -0.3 is 20.7 Å². The SMILES string of the molecule is CCNC(=O)c1cccc(CNC(=NC)NCc2ccccc2OCC2CC2)c1. The summed E-state index contributed by atoms with van der Waals surface area (Å²) in [5.41, 5.74) is 2.79. The summed E-state index contributed by atoms with van der Waals surface area (Å²) < 4.78 is 5.97. The van der Waals surface area contributed by atoms with E-state index >= 15 is 0 Å². The highest BCUT2D eigenvalue weighted by Crippen LogP contribution is 2.30. The van der Waals surface area contributed by atoms with Crippen LogP contribution in [-0.4, -0.2) is 32.1 Å². The van der Waals surface area contributed by atoms with Crippen LogP contribution in [0.5, 0.6) is 5.75 Å². The second kappa shape index (κ2) is 10.5. The summed E-state index contributed by atoms with van der Waals surface area (Å²) in [6.07, 6.45) is 2.55. The van der Waals surface area contributed by atoms with E-state index in [1.807, 2.05) is 49.4 Å². The van der Waals surface area contributed by atoms with Gasteiger partial charge in [-0.3, -0.25) is 9.79 Å². The quantitative estimate of drug-likeness (QED) is 0.451. The fourth-order valence-corrected chi connectivity index (χ4v) is 2.95. The number of nitrogens with one attached hydrogen (secondary N) is 3. The summed E-state index contributed by atoms with van der Waals surface area (Å²) in [4.78, 5) is 16.3. The van der Waals surface area contributed by atoms with Crippen molar-refractivity contribution in [1.29, 1.82) is 0 Å². The van der Waals surface area contributed by atoms with Crippen molar-refractivity contribution in [1.82, 2.24) is 16.0 Å². The molecule has 0 unspecified atom stereocenters. The van der Waals surface area contributed by atoms with E-state index < -0.39 is 0 Å². The minimum Gasteiger partial charge on any atom is -0.493 e. The van der Waals surface area contributed by atoms with Crippen molar-refractivity contribution in [2.24, 2.45) is 10.9 Å². The molecule has 6 heteroatoms. The van der Waals surface area contributed by atoms with Crippen LogP contribution in [0.2, 0.25) is 0 Å². The van der Waals surface area contributed by atoms with E-state index in [2.05, 4.69) is 27.0 Å². The normalized spacial score (nSPS) is 13.7. The van der Waals surface area contributed by atoms with Gasteiger partial charge in [0.15, 0.2) is 5.96 Å². The van der Waals surface area contributed by atoms with E-state index in [0.29, 0.717) is 31.2 Å². The molecule has 29 heavy (non-hydrogen) atoms. The number of ether oxygens (including phenoxy) is 1. The van der Waals surface area contributed by atoms with Crippen molar-refractivity contribution in [3.8, 4) is 5.75 Å². The van der Waals surface area contributed by atoms with Crippen LogP contribution < -0.4 is 20.7 Å². The Bertz CT molecular complexity index is 846. The second-order valence-electron chi connectivity index (χ2n) is 7.20. The maximum atomic E-state index is 12.0. The Hall–Kier alpha value is -3.02. The number of benzene rings is 2. The van der Waals surface area contributed by atoms with Crippen molar-refractivity contribution in [3.63, 3.8) is 0 Å². The predicted octanol–water partition coefficient (Wildman–Crippen LogP) is 3.09. The van der Waals surface area contributed by atoms with Crippen molar-refractivity contribution >= 4 is 11.9 Å². The molecule has 1 amide bonds. The van der Waals surface area contributed by atoms with Gasteiger partial charge in [-0.2, -0.15) is 0 Å². The summed E-state index contributed by atoms with van der Waals surface area (Å²) in [6.45, 7) is 4.52. The molecule has 0 heterocycles. The van der Waals surface area contributed by atoms with Crippen LogP contribution in [-0.2, 0) is 13.1 Å². The van der Waals surface area contributed by atoms with Gasteiger partial charge in [0, 0.05) is 37.8 Å². The molecule has 1 fully saturated rings. The third kappa shape index (κ3) is 6.52. The van der Waals surface area contributed by atoms with Gasteiger partial charge in [0.25, 0.3) is 5.91 Å². The number of rotatable bonds is 9. The second-order valence-corrected chi connectivity index (χ2v) is 7.20. The minimum absolute atomic E-state index is 0.0559. The largest absolute Gasteiger partial charge is 0.493 e. The average Bonchev–Trinajstić information content (AvgIpc) is 3.58. The molecule has 0 aromatic heterocycles. The Morgan fingerprint density at radius 3 is 2.62 bits per heavy atom. The predicted molar refractivity (Wildman–Crippen MR) is 116 cm³/mol. The van der Waals surface area contributed by atoms with Crippen molar-refractivity contribution in [3.05, 3.63) is 65.2 Å². The molecule has 2 aromatic rings. The molecule has 1 aliphatic rings. The van der Waals surface area contributed by atoms with Gasteiger partial charge in [0.05, 0.1) is 6.61 Å². The zero-order chi connectivity index (χ0) is 20.5. The Morgan fingerprint density at radius 2 is 1.86 bits per heavy atom. The Morgan fingerprint density at radius 1 is 1.07 bits per heavy atom. The van der Waals surface area contributed by atoms with Gasteiger partial charge in [0.1, 0.15) is 5.75 Å². The van der Waals surface area contributed by atoms with E-state index in [4.69, 9.17) is 4.74 Å². The lowest BCUT2D eigenvalue weighted by atomic mass is 10.1. The summed E-state index contributed by atoms with van der Waals surface area (Å²) in [7, 11) is 1.75. The molecular weight excluding hydrogens is 364 g/mol. The minimum atomic E-state index is -0.0559. The molecule has 0 saturated heterocycles. The molecule has 0 atom stereocenters. The van der Waals surface area contributed by atoms with E-state index in [9.17, 15) is 4.79 Å². The monoisotopic (exact) mass is 394 g/mol. The maximum absolute atomic E-state index is 12.0. The first kappa shape index (κ1) is 20.7. The third-order valence-corrected chi connectivity index (χ3v) is 4.80. The number of nitrogens with zero attached hydrogens (tertiary/aromatic N) is 1. The summed E-state index contributed by atoms with van der Waals surface area (Å²) >= 11 is 0. The maximum Gasteiger partial charge on any atom is 0.251 e. The lowest BCUT2D eigenvalue weighted by Crippen LogP contribution is -2.36. The summed E-state index contributed by atoms with van der Waals surface area (Å²) in [5.74, 6) is 2.29. The highest BCUT2D eigenvalue weighted by atomic mass is 16.5. The van der Waals surface area contributed by atoms with Crippen LogP contribution in [0.3, 0.4) is 0 Å². The van der Waals surface area contributed by atoms with Crippen molar-refractivity contribution in [2.75, 3.05) is 20.2 Å². The number of hydrogen-bond donors (Lipinski definition) is 3. The van der Waals surface area contributed by atoms with Crippen LogP contribution in [0, 0.1) is 5.92 Å². The van der Waals surface area contributed by atoms with Crippen LogP contribution >= 0.6 is 0 Å². The molecule has 0 bridgehead atoms. The van der Waals surface area contributed by atoms with Crippen LogP contribution in [0.1, 0.15) is 41.3 Å². The topological polar surface area (TPSA) is 74.8 Å². The Labute approximate surface area is 172 Å². The highest BCUT2D eigenvalue weighted by molar-refractivity contribution is 5.94. The van der Waals surface area contributed by atoms with E-state index in [0.717, 1.165) is 29.4 Å². The Kier molecular flexibility index (Phi) is 7.50. The summed E-state index contributed by atoms with van der Waals surface area (Å²) in [6, 6.07) is 15.7. The molecule has 3 N–H and O–H groups in total. The lowest BCUT2D eigenvalue weighted by Gasteiger charge is -2.15. The molecule has 0 spiro atoms. The fraction of sp³-hybridized carbons (Fsp3) is 0.391. The van der Waals surface area contributed by atoms with Crippen molar-refractivity contribution < 1.29 is 9.53 Å². The number of aliphatic imine (C=N–C) groups is 1. The fourth-order valence-electron chi connectivity index (χ4n) is 2.95. The van der Waals surface area contributed by atoms with E-state index in [-0.39, 0.29) is 5.91 Å². The van der Waals surface area contributed by atoms with Crippen LogP contribution in [0.25, 0.3) is 0 Å². The van der Waals surface area contributed by atoms with Gasteiger partial charge in [-0.05, 0) is 49.4 Å². The number of para-hydroxylation sites is 1. The number of hydrogen-bond acceptors (Lipinski definition) is 3. The third-order valence-electron chi connectivity index (χ3n) is 4.80. The molecule has 6 nitrogen and oxygen atoms in total. The van der Waals surface area contributed by atoms with Gasteiger partial charge in [0.2, 0.25) is 0 Å². The number of guanidine groups is 1. The van der Waals surface area contributed by atoms with E-state index in [1.54, 1.807) is 7.05 Å². The van der Waals surface area contributed by atoms with Gasteiger partial charge in [-0.1, -0.05) is 30.3 Å².